The Balaban J connectivity index is 1.20. The number of hydrogen-bond donors (Lipinski definition) is 0. The summed E-state index contributed by atoms with van der Waals surface area (Å²) in [5, 5.41) is 6.43. The molecule has 0 N–H and O–H groups in total. The highest BCUT2D eigenvalue weighted by Gasteiger charge is 2.20. The summed E-state index contributed by atoms with van der Waals surface area (Å²) in [5.41, 5.74) is 9.15. The van der Waals surface area contributed by atoms with Gasteiger partial charge in [0.15, 0.2) is 17.5 Å². The minimum Gasteiger partial charge on any atom is -0.455 e. The fraction of sp³-hybridized carbons (Fsp3) is 0. The van der Waals surface area contributed by atoms with Crippen LogP contribution in [0.1, 0.15) is 0 Å². The minimum absolute atomic E-state index is 0.614. The molecule has 0 saturated heterocycles. The van der Waals surface area contributed by atoms with Gasteiger partial charge >= 0.3 is 0 Å². The third kappa shape index (κ3) is 5.04. The molecule has 0 aliphatic heterocycles. The average molecular weight is 652 g/mol. The molecule has 51 heavy (non-hydrogen) atoms. The molecule has 0 radical (unpaired) electrons. The van der Waals surface area contributed by atoms with E-state index in [0.717, 1.165) is 71.3 Å². The van der Waals surface area contributed by atoms with Crippen LogP contribution in [0.3, 0.4) is 0 Å². The molecule has 0 bridgehead atoms. The highest BCUT2D eigenvalue weighted by molar-refractivity contribution is 6.21. The van der Waals surface area contributed by atoms with Crippen molar-refractivity contribution in [3.05, 3.63) is 176 Å². The Labute approximate surface area is 294 Å². The molecule has 4 heteroatoms. The highest BCUT2D eigenvalue weighted by Crippen LogP contribution is 2.43. The van der Waals surface area contributed by atoms with Gasteiger partial charge in [-0.2, -0.15) is 0 Å². The fourth-order valence-corrected chi connectivity index (χ4v) is 7.23. The van der Waals surface area contributed by atoms with Crippen molar-refractivity contribution in [3.63, 3.8) is 0 Å². The number of furan rings is 1. The van der Waals surface area contributed by atoms with Gasteiger partial charge in [0, 0.05) is 32.8 Å². The van der Waals surface area contributed by atoms with Crippen molar-refractivity contribution in [1.82, 2.24) is 15.0 Å². The molecule has 0 unspecified atom stereocenters. The molecule has 8 aromatic carbocycles. The molecule has 10 rings (SSSR count). The van der Waals surface area contributed by atoms with E-state index in [4.69, 9.17) is 19.4 Å². The molecule has 4 nitrogen and oxygen atoms in total. The van der Waals surface area contributed by atoms with Gasteiger partial charge in [-0.3, -0.25) is 0 Å². The number of aromatic nitrogens is 3. The predicted molar refractivity (Wildman–Crippen MR) is 209 cm³/mol. The van der Waals surface area contributed by atoms with E-state index in [1.807, 2.05) is 48.5 Å². The molecule has 10 aromatic rings. The molecule has 0 fully saturated rings. The second-order valence-corrected chi connectivity index (χ2v) is 12.8. The Morgan fingerprint density at radius 2 is 0.902 bits per heavy atom. The van der Waals surface area contributed by atoms with E-state index in [-0.39, 0.29) is 0 Å². The fourth-order valence-electron chi connectivity index (χ4n) is 7.23. The first-order valence-corrected chi connectivity index (χ1v) is 17.1. The maximum Gasteiger partial charge on any atom is 0.164 e. The van der Waals surface area contributed by atoms with Crippen molar-refractivity contribution in [2.75, 3.05) is 0 Å². The van der Waals surface area contributed by atoms with Gasteiger partial charge < -0.3 is 4.42 Å². The van der Waals surface area contributed by atoms with Crippen molar-refractivity contribution >= 4 is 43.5 Å². The topological polar surface area (TPSA) is 51.8 Å². The SMILES string of the molecule is c1ccc(-c2ccc3cc(-c4nc(-c5ccccc5)nc(-c5cc6c(oc7cccc(-c8ccccc8)c76)c6ccccc56)n4)ccc3c2)cc1. The normalized spacial score (nSPS) is 11.5. The first-order chi connectivity index (χ1) is 25.3. The molecule has 0 amide bonds. The molecular formula is C47H29N3O. The summed E-state index contributed by atoms with van der Waals surface area (Å²) in [6, 6.07) is 61.0. The van der Waals surface area contributed by atoms with Crippen LogP contribution in [0.4, 0.5) is 0 Å². The van der Waals surface area contributed by atoms with Crippen LogP contribution in [0.2, 0.25) is 0 Å². The van der Waals surface area contributed by atoms with Crippen molar-refractivity contribution in [1.29, 1.82) is 0 Å². The monoisotopic (exact) mass is 651 g/mol. The summed E-state index contributed by atoms with van der Waals surface area (Å²) in [6.45, 7) is 0. The zero-order valence-electron chi connectivity index (χ0n) is 27.5. The molecule has 0 aliphatic rings. The lowest BCUT2D eigenvalue weighted by Crippen LogP contribution is -2.00. The average Bonchev–Trinajstić information content (AvgIpc) is 3.60. The van der Waals surface area contributed by atoms with Crippen molar-refractivity contribution in [2.24, 2.45) is 0 Å². The smallest absolute Gasteiger partial charge is 0.164 e. The van der Waals surface area contributed by atoms with Crippen LogP contribution in [0.5, 0.6) is 0 Å². The number of benzene rings is 8. The van der Waals surface area contributed by atoms with Gasteiger partial charge in [-0.05, 0) is 62.7 Å². The lowest BCUT2D eigenvalue weighted by molar-refractivity contribution is 0.673. The maximum absolute atomic E-state index is 6.63. The Morgan fingerprint density at radius 1 is 0.333 bits per heavy atom. The molecule has 0 spiro atoms. The van der Waals surface area contributed by atoms with Crippen LogP contribution in [-0.2, 0) is 0 Å². The van der Waals surface area contributed by atoms with Crippen LogP contribution in [0.15, 0.2) is 180 Å². The summed E-state index contributed by atoms with van der Waals surface area (Å²) in [5.74, 6) is 1.86. The van der Waals surface area contributed by atoms with Gasteiger partial charge in [0.05, 0.1) is 0 Å². The summed E-state index contributed by atoms with van der Waals surface area (Å²) in [7, 11) is 0. The van der Waals surface area contributed by atoms with Gasteiger partial charge in [-0.15, -0.1) is 0 Å². The first-order valence-electron chi connectivity index (χ1n) is 17.1. The Morgan fingerprint density at radius 3 is 1.63 bits per heavy atom. The molecule has 2 heterocycles. The van der Waals surface area contributed by atoms with Gasteiger partial charge in [-0.25, -0.2) is 15.0 Å². The van der Waals surface area contributed by atoms with Crippen LogP contribution in [0.25, 0.3) is 99.9 Å². The van der Waals surface area contributed by atoms with Gasteiger partial charge in [-0.1, -0.05) is 152 Å². The number of hydrogen-bond acceptors (Lipinski definition) is 4. The Bertz CT molecular complexity index is 2900. The molecule has 0 saturated carbocycles. The Hall–Kier alpha value is -6.91. The summed E-state index contributed by atoms with van der Waals surface area (Å²) in [4.78, 5) is 15.4. The second kappa shape index (κ2) is 11.9. The van der Waals surface area contributed by atoms with Crippen molar-refractivity contribution in [3.8, 4) is 56.4 Å². The minimum atomic E-state index is 0.614. The standard InChI is InChI=1S/C47H29N3O/c1-4-13-30(14-5-1)33-23-24-35-28-36(26-25-34(35)27-33)46-48-45(32-17-8-3-9-18-32)49-47(50-46)40-29-41-43-37(31-15-6-2-7-16-31)21-12-22-42(43)51-44(41)39-20-11-10-19-38(39)40/h1-29H. The summed E-state index contributed by atoms with van der Waals surface area (Å²) < 4.78 is 6.63. The van der Waals surface area contributed by atoms with E-state index in [0.29, 0.717) is 17.5 Å². The molecular weight excluding hydrogens is 623 g/mol. The van der Waals surface area contributed by atoms with Crippen LogP contribution in [0, 0.1) is 0 Å². The van der Waals surface area contributed by atoms with Gasteiger partial charge in [0.2, 0.25) is 0 Å². The van der Waals surface area contributed by atoms with E-state index in [1.54, 1.807) is 0 Å². The van der Waals surface area contributed by atoms with Crippen LogP contribution >= 0.6 is 0 Å². The van der Waals surface area contributed by atoms with Gasteiger partial charge in [0.25, 0.3) is 0 Å². The number of fused-ring (bicyclic) bond motifs is 6. The zero-order chi connectivity index (χ0) is 33.7. The zero-order valence-corrected chi connectivity index (χ0v) is 27.5. The first kappa shape index (κ1) is 29.0. The maximum atomic E-state index is 6.63. The number of rotatable bonds is 5. The van der Waals surface area contributed by atoms with Crippen LogP contribution in [-0.4, -0.2) is 15.0 Å². The lowest BCUT2D eigenvalue weighted by atomic mass is 9.96. The number of nitrogens with zero attached hydrogens (tertiary/aromatic N) is 3. The largest absolute Gasteiger partial charge is 0.455 e. The van der Waals surface area contributed by atoms with E-state index in [9.17, 15) is 0 Å². The van der Waals surface area contributed by atoms with E-state index < -0.39 is 0 Å². The quantitative estimate of drug-likeness (QED) is 0.186. The highest BCUT2D eigenvalue weighted by atomic mass is 16.3. The lowest BCUT2D eigenvalue weighted by Gasteiger charge is -2.12. The van der Waals surface area contributed by atoms with E-state index in [1.165, 1.54) is 11.1 Å². The van der Waals surface area contributed by atoms with E-state index in [2.05, 4.69) is 127 Å². The van der Waals surface area contributed by atoms with E-state index >= 15 is 0 Å². The van der Waals surface area contributed by atoms with Gasteiger partial charge in [0.1, 0.15) is 11.2 Å². The van der Waals surface area contributed by atoms with Crippen LogP contribution < -0.4 is 0 Å². The second-order valence-electron chi connectivity index (χ2n) is 12.8. The van der Waals surface area contributed by atoms with Crippen molar-refractivity contribution in [2.45, 2.75) is 0 Å². The third-order valence-corrected chi connectivity index (χ3v) is 9.70. The molecule has 238 valence electrons. The third-order valence-electron chi connectivity index (χ3n) is 9.70. The predicted octanol–water partition coefficient (Wildman–Crippen LogP) is 12.4. The summed E-state index contributed by atoms with van der Waals surface area (Å²) in [6.07, 6.45) is 0. The summed E-state index contributed by atoms with van der Waals surface area (Å²) >= 11 is 0. The van der Waals surface area contributed by atoms with Crippen molar-refractivity contribution < 1.29 is 4.42 Å². The Kier molecular flexibility index (Phi) is 6.78. The molecule has 0 atom stereocenters. The molecule has 0 aliphatic carbocycles. The molecule has 2 aromatic heterocycles.